The highest BCUT2D eigenvalue weighted by atomic mass is 16.3. The largest absolute Gasteiger partial charge is 0.387 e. The quantitative estimate of drug-likeness (QED) is 0.938. The zero-order chi connectivity index (χ0) is 17.5. The average molecular weight is 329 g/mol. The predicted molar refractivity (Wildman–Crippen MR) is 94.6 cm³/mol. The van der Waals surface area contributed by atoms with Crippen molar-refractivity contribution < 1.29 is 9.90 Å². The Morgan fingerprint density at radius 2 is 2.12 bits per heavy atom. The fraction of sp³-hybridized carbons (Fsp3) is 0.579. The number of rotatable bonds is 4. The molecule has 1 aromatic carbocycles. The molecule has 1 aliphatic rings. The van der Waals surface area contributed by atoms with Gasteiger partial charge in [-0.25, -0.2) is 4.98 Å². The number of amides is 1. The zero-order valence-corrected chi connectivity index (χ0v) is 15.0. The lowest BCUT2D eigenvalue weighted by atomic mass is 9.82. The molecule has 1 N–H and O–H groups in total. The molecule has 5 nitrogen and oxygen atoms in total. The number of β-amino-alcohol motifs (C(OH)–C–C–N with tert-alkyl or cyclic N) is 1. The molecule has 3 rings (SSSR count). The van der Waals surface area contributed by atoms with Gasteiger partial charge in [-0.05, 0) is 25.0 Å². The maximum absolute atomic E-state index is 12.6. The Hall–Kier alpha value is -1.88. The van der Waals surface area contributed by atoms with E-state index in [4.69, 9.17) is 0 Å². The van der Waals surface area contributed by atoms with Crippen molar-refractivity contribution in [3.05, 3.63) is 30.1 Å². The summed E-state index contributed by atoms with van der Waals surface area (Å²) in [5.41, 5.74) is 1.26. The summed E-state index contributed by atoms with van der Waals surface area (Å²) in [6, 6.07) is 8.00. The molecule has 1 amide bonds. The Balaban J connectivity index is 1.69. The number of aliphatic hydroxyl groups is 1. The first-order chi connectivity index (χ1) is 11.3. The van der Waals surface area contributed by atoms with Gasteiger partial charge in [-0.3, -0.25) is 4.79 Å². The Morgan fingerprint density at radius 1 is 1.42 bits per heavy atom. The lowest BCUT2D eigenvalue weighted by molar-refractivity contribution is -0.131. The van der Waals surface area contributed by atoms with Crippen molar-refractivity contribution in [1.82, 2.24) is 14.5 Å². The maximum Gasteiger partial charge on any atom is 0.224 e. The van der Waals surface area contributed by atoms with Gasteiger partial charge >= 0.3 is 0 Å². The van der Waals surface area contributed by atoms with Crippen LogP contribution in [0.15, 0.2) is 24.3 Å². The van der Waals surface area contributed by atoms with Crippen molar-refractivity contribution in [3.63, 3.8) is 0 Å². The van der Waals surface area contributed by atoms with Crippen LogP contribution in [0.4, 0.5) is 0 Å². The van der Waals surface area contributed by atoms with Crippen LogP contribution in [0.3, 0.4) is 0 Å². The van der Waals surface area contributed by atoms with Crippen molar-refractivity contribution in [2.24, 2.45) is 11.8 Å². The molecular formula is C19H27N3O2. The third-order valence-electron chi connectivity index (χ3n) is 5.54. The summed E-state index contributed by atoms with van der Waals surface area (Å²) in [4.78, 5) is 19.0. The van der Waals surface area contributed by atoms with Crippen LogP contribution in [0.5, 0.6) is 0 Å². The van der Waals surface area contributed by atoms with Gasteiger partial charge in [0, 0.05) is 32.0 Å². The van der Waals surface area contributed by atoms with E-state index in [0.717, 1.165) is 16.9 Å². The minimum Gasteiger partial charge on any atom is -0.387 e. The SMILES string of the molecule is Cc1nc2ccccc2n1CCC(=O)N1C[C@@H](C)[C@](O)(C(C)C)C1. The lowest BCUT2D eigenvalue weighted by Crippen LogP contribution is -2.43. The molecule has 0 radical (unpaired) electrons. The molecule has 2 aromatic rings. The topological polar surface area (TPSA) is 58.4 Å². The second-order valence-electron chi connectivity index (χ2n) is 7.37. The van der Waals surface area contributed by atoms with E-state index >= 15 is 0 Å². The van der Waals surface area contributed by atoms with Gasteiger partial charge in [0.2, 0.25) is 5.91 Å². The number of fused-ring (bicyclic) bond motifs is 1. The fourth-order valence-corrected chi connectivity index (χ4v) is 3.80. The minimum absolute atomic E-state index is 0.107. The molecule has 1 aromatic heterocycles. The maximum atomic E-state index is 12.6. The summed E-state index contributed by atoms with van der Waals surface area (Å²) in [6.45, 7) is 9.74. The van der Waals surface area contributed by atoms with E-state index in [1.54, 1.807) is 0 Å². The van der Waals surface area contributed by atoms with Gasteiger partial charge in [0.15, 0.2) is 0 Å². The van der Waals surface area contributed by atoms with Crippen LogP contribution in [0, 0.1) is 18.8 Å². The molecule has 0 saturated carbocycles. The molecule has 0 unspecified atom stereocenters. The summed E-state index contributed by atoms with van der Waals surface area (Å²) < 4.78 is 2.10. The van der Waals surface area contributed by atoms with Crippen molar-refractivity contribution in [2.45, 2.75) is 46.3 Å². The van der Waals surface area contributed by atoms with Crippen LogP contribution in [0.1, 0.15) is 33.0 Å². The molecule has 1 fully saturated rings. The zero-order valence-electron chi connectivity index (χ0n) is 15.0. The minimum atomic E-state index is -0.771. The number of aryl methyl sites for hydroxylation is 2. The Kier molecular flexibility index (Phi) is 4.38. The number of aromatic nitrogens is 2. The first-order valence-electron chi connectivity index (χ1n) is 8.75. The average Bonchev–Trinajstić information content (AvgIpc) is 3.02. The molecule has 0 aliphatic carbocycles. The number of likely N-dealkylation sites (tertiary alicyclic amines) is 1. The number of carbonyl (C=O) groups is 1. The molecule has 1 saturated heterocycles. The number of carbonyl (C=O) groups excluding carboxylic acids is 1. The predicted octanol–water partition coefficient (Wildman–Crippen LogP) is 2.60. The van der Waals surface area contributed by atoms with E-state index in [1.165, 1.54) is 0 Å². The van der Waals surface area contributed by atoms with Crippen molar-refractivity contribution in [2.75, 3.05) is 13.1 Å². The van der Waals surface area contributed by atoms with Crippen molar-refractivity contribution >= 4 is 16.9 Å². The molecule has 1 aliphatic heterocycles. The van der Waals surface area contributed by atoms with Gasteiger partial charge in [-0.15, -0.1) is 0 Å². The second-order valence-corrected chi connectivity index (χ2v) is 7.37. The summed E-state index contributed by atoms with van der Waals surface area (Å²) >= 11 is 0. The number of nitrogens with zero attached hydrogens (tertiary/aromatic N) is 3. The number of imidazole rings is 1. The fourth-order valence-electron chi connectivity index (χ4n) is 3.80. The van der Waals surface area contributed by atoms with E-state index in [1.807, 2.05) is 56.9 Å². The summed E-state index contributed by atoms with van der Waals surface area (Å²) in [6.07, 6.45) is 0.433. The van der Waals surface area contributed by atoms with Gasteiger partial charge in [0.05, 0.1) is 16.6 Å². The van der Waals surface area contributed by atoms with Gasteiger partial charge < -0.3 is 14.6 Å². The van der Waals surface area contributed by atoms with Crippen LogP contribution >= 0.6 is 0 Å². The molecule has 2 heterocycles. The molecule has 24 heavy (non-hydrogen) atoms. The van der Waals surface area contributed by atoms with Gasteiger partial charge in [0.25, 0.3) is 0 Å². The van der Waals surface area contributed by atoms with Crippen LogP contribution < -0.4 is 0 Å². The number of para-hydroxylation sites is 2. The highest BCUT2D eigenvalue weighted by Crippen LogP contribution is 2.34. The van der Waals surface area contributed by atoms with Crippen molar-refractivity contribution in [3.8, 4) is 0 Å². The third-order valence-corrected chi connectivity index (χ3v) is 5.54. The number of hydrogen-bond acceptors (Lipinski definition) is 3. The number of hydrogen-bond donors (Lipinski definition) is 1. The highest BCUT2D eigenvalue weighted by Gasteiger charge is 2.46. The van der Waals surface area contributed by atoms with E-state index in [2.05, 4.69) is 9.55 Å². The Bertz CT molecular complexity index is 752. The molecule has 0 bridgehead atoms. The molecular weight excluding hydrogens is 302 g/mol. The van der Waals surface area contributed by atoms with E-state index in [9.17, 15) is 9.90 Å². The van der Waals surface area contributed by atoms with Gasteiger partial charge in [0.1, 0.15) is 5.82 Å². The van der Waals surface area contributed by atoms with Crippen LogP contribution in [0.25, 0.3) is 11.0 Å². The second kappa shape index (κ2) is 6.20. The van der Waals surface area contributed by atoms with Crippen molar-refractivity contribution in [1.29, 1.82) is 0 Å². The summed E-state index contributed by atoms with van der Waals surface area (Å²) in [7, 11) is 0. The van der Waals surface area contributed by atoms with E-state index in [-0.39, 0.29) is 17.7 Å². The molecule has 5 heteroatoms. The summed E-state index contributed by atoms with van der Waals surface area (Å²) in [5, 5.41) is 10.8. The van der Waals surface area contributed by atoms with E-state index in [0.29, 0.717) is 26.1 Å². The van der Waals surface area contributed by atoms with E-state index < -0.39 is 5.60 Å². The number of benzene rings is 1. The normalized spacial score (nSPS) is 24.2. The smallest absolute Gasteiger partial charge is 0.224 e. The highest BCUT2D eigenvalue weighted by molar-refractivity contribution is 5.78. The van der Waals surface area contributed by atoms with Gasteiger partial charge in [-0.2, -0.15) is 0 Å². The molecule has 130 valence electrons. The monoisotopic (exact) mass is 329 g/mol. The molecule has 0 spiro atoms. The first-order valence-corrected chi connectivity index (χ1v) is 8.75. The first kappa shape index (κ1) is 17.0. The van der Waals surface area contributed by atoms with Gasteiger partial charge in [-0.1, -0.05) is 32.9 Å². The lowest BCUT2D eigenvalue weighted by Gasteiger charge is -2.31. The van der Waals surface area contributed by atoms with Crippen LogP contribution in [0.2, 0.25) is 0 Å². The third kappa shape index (κ3) is 2.81. The summed E-state index contributed by atoms with van der Waals surface area (Å²) in [5.74, 6) is 1.29. The van der Waals surface area contributed by atoms with Crippen LogP contribution in [-0.2, 0) is 11.3 Å². The standard InChI is InChI=1S/C19H27N3O2/c1-13(2)19(24)12-21(11-14(19)3)18(23)9-10-22-15(4)20-16-7-5-6-8-17(16)22/h5-8,13-14,24H,9-12H2,1-4H3/t14-,19-/m1/s1. The molecule has 2 atom stereocenters. The Labute approximate surface area is 143 Å². The van der Waals surface area contributed by atoms with Crippen LogP contribution in [-0.4, -0.2) is 44.2 Å². The Morgan fingerprint density at radius 3 is 2.79 bits per heavy atom.